The molecule has 17 heavy (non-hydrogen) atoms. The van der Waals surface area contributed by atoms with Crippen LogP contribution in [0.3, 0.4) is 0 Å². The summed E-state index contributed by atoms with van der Waals surface area (Å²) in [4.78, 5) is 3.27. The largest absolute Gasteiger partial charge is 0.331 e. The quantitative estimate of drug-likeness (QED) is 0.809. The van der Waals surface area contributed by atoms with Gasteiger partial charge in [-0.05, 0) is 48.2 Å². The van der Waals surface area contributed by atoms with Gasteiger partial charge in [0.05, 0.1) is 11.0 Å². The zero-order chi connectivity index (χ0) is 12.2. The van der Waals surface area contributed by atoms with Crippen LogP contribution in [0.1, 0.15) is 20.3 Å². The van der Waals surface area contributed by atoms with E-state index in [-0.39, 0.29) is 0 Å². The lowest BCUT2D eigenvalue weighted by Crippen LogP contribution is -2.03. The van der Waals surface area contributed by atoms with Gasteiger partial charge in [-0.3, -0.25) is 0 Å². The predicted octanol–water partition coefficient (Wildman–Crippen LogP) is 4.51. The van der Waals surface area contributed by atoms with Crippen LogP contribution in [0, 0.1) is 16.1 Å². The standard InChI is InChI=1S/C13H15BrN2S/c1-13(2)6-8(13)7-16-11-5-9(14)3-4-10(11)15-12(16)17/h3-5,8H,6-7H2,1-2H3,(H,15,17). The van der Waals surface area contributed by atoms with Gasteiger partial charge in [-0.1, -0.05) is 29.8 Å². The van der Waals surface area contributed by atoms with Crippen LogP contribution in [0.4, 0.5) is 0 Å². The van der Waals surface area contributed by atoms with Crippen LogP contribution < -0.4 is 0 Å². The number of H-pyrrole nitrogens is 1. The molecule has 1 aliphatic carbocycles. The fourth-order valence-corrected chi connectivity index (χ4v) is 3.05. The molecular weight excluding hydrogens is 296 g/mol. The van der Waals surface area contributed by atoms with Crippen molar-refractivity contribution in [2.24, 2.45) is 11.3 Å². The van der Waals surface area contributed by atoms with Gasteiger partial charge in [-0.25, -0.2) is 0 Å². The van der Waals surface area contributed by atoms with Crippen molar-refractivity contribution < 1.29 is 0 Å². The van der Waals surface area contributed by atoms with E-state index < -0.39 is 0 Å². The van der Waals surface area contributed by atoms with Crippen molar-refractivity contribution in [3.8, 4) is 0 Å². The van der Waals surface area contributed by atoms with E-state index in [1.807, 2.05) is 6.07 Å². The van der Waals surface area contributed by atoms with Crippen LogP contribution in [-0.4, -0.2) is 9.55 Å². The second kappa shape index (κ2) is 3.69. The Morgan fingerprint density at radius 1 is 1.53 bits per heavy atom. The van der Waals surface area contributed by atoms with E-state index >= 15 is 0 Å². The first kappa shape index (κ1) is 11.5. The number of rotatable bonds is 2. The van der Waals surface area contributed by atoms with Crippen molar-refractivity contribution in [2.75, 3.05) is 0 Å². The molecule has 0 bridgehead atoms. The Balaban J connectivity index is 2.06. The fraction of sp³-hybridized carbons (Fsp3) is 0.462. The maximum Gasteiger partial charge on any atom is 0.178 e. The Labute approximate surface area is 114 Å². The summed E-state index contributed by atoms with van der Waals surface area (Å²) in [5, 5.41) is 0. The third-order valence-corrected chi connectivity index (χ3v) is 4.67. The van der Waals surface area contributed by atoms with Crippen molar-refractivity contribution in [1.29, 1.82) is 0 Å². The average molecular weight is 311 g/mol. The molecule has 3 rings (SSSR count). The average Bonchev–Trinajstić information content (AvgIpc) is 2.73. The third kappa shape index (κ3) is 1.97. The van der Waals surface area contributed by atoms with Gasteiger partial charge >= 0.3 is 0 Å². The molecule has 0 spiro atoms. The first-order valence-electron chi connectivity index (χ1n) is 5.85. The molecule has 0 amide bonds. The SMILES string of the molecule is CC1(C)CC1Cn1c(=S)[nH]c2ccc(Br)cc21. The smallest absolute Gasteiger partial charge is 0.178 e. The molecule has 1 atom stereocenters. The fourth-order valence-electron chi connectivity index (χ4n) is 2.42. The molecule has 1 heterocycles. The van der Waals surface area contributed by atoms with Crippen LogP contribution >= 0.6 is 28.1 Å². The van der Waals surface area contributed by atoms with Crippen LogP contribution in [-0.2, 0) is 6.54 Å². The molecule has 1 aromatic carbocycles. The maximum absolute atomic E-state index is 5.41. The second-order valence-corrected chi connectivity index (χ2v) is 6.89. The summed E-state index contributed by atoms with van der Waals surface area (Å²) in [6.45, 7) is 5.68. The number of hydrogen-bond acceptors (Lipinski definition) is 1. The number of imidazole rings is 1. The highest BCUT2D eigenvalue weighted by atomic mass is 79.9. The number of benzene rings is 1. The molecule has 0 saturated heterocycles. The van der Waals surface area contributed by atoms with Crippen LogP contribution in [0.5, 0.6) is 0 Å². The van der Waals surface area contributed by atoms with E-state index in [0.717, 1.165) is 27.2 Å². The summed E-state index contributed by atoms with van der Waals surface area (Å²) in [6.07, 6.45) is 1.30. The monoisotopic (exact) mass is 310 g/mol. The Morgan fingerprint density at radius 3 is 2.88 bits per heavy atom. The van der Waals surface area contributed by atoms with Crippen LogP contribution in [0.2, 0.25) is 0 Å². The summed E-state index contributed by atoms with van der Waals surface area (Å²) in [6, 6.07) is 6.25. The molecule has 1 unspecified atom stereocenters. The minimum absolute atomic E-state index is 0.490. The van der Waals surface area contributed by atoms with Gasteiger partial charge < -0.3 is 9.55 Å². The van der Waals surface area contributed by atoms with E-state index in [4.69, 9.17) is 12.2 Å². The number of aromatic amines is 1. The molecule has 1 saturated carbocycles. The Hall–Kier alpha value is -0.610. The molecular formula is C13H15BrN2S. The minimum atomic E-state index is 0.490. The number of nitrogens with one attached hydrogen (secondary N) is 1. The van der Waals surface area contributed by atoms with E-state index in [1.54, 1.807) is 0 Å². The van der Waals surface area contributed by atoms with Crippen molar-refractivity contribution in [3.05, 3.63) is 27.4 Å². The van der Waals surface area contributed by atoms with Gasteiger partial charge in [0.15, 0.2) is 4.77 Å². The maximum atomic E-state index is 5.41. The van der Waals surface area contributed by atoms with Crippen LogP contribution in [0.25, 0.3) is 11.0 Å². The zero-order valence-corrected chi connectivity index (χ0v) is 12.4. The summed E-state index contributed by atoms with van der Waals surface area (Å²) < 4.78 is 4.16. The summed E-state index contributed by atoms with van der Waals surface area (Å²) in [7, 11) is 0. The number of fused-ring (bicyclic) bond motifs is 1. The highest BCUT2D eigenvalue weighted by molar-refractivity contribution is 9.10. The number of nitrogens with zero attached hydrogens (tertiary/aromatic N) is 1. The van der Waals surface area contributed by atoms with Crippen molar-refractivity contribution >= 4 is 39.2 Å². The van der Waals surface area contributed by atoms with Gasteiger partial charge in [0.25, 0.3) is 0 Å². The Morgan fingerprint density at radius 2 is 2.24 bits per heavy atom. The van der Waals surface area contributed by atoms with E-state index in [1.165, 1.54) is 11.9 Å². The number of halogens is 1. The van der Waals surface area contributed by atoms with Gasteiger partial charge in [0.2, 0.25) is 0 Å². The predicted molar refractivity (Wildman–Crippen MR) is 76.7 cm³/mol. The van der Waals surface area contributed by atoms with E-state index in [2.05, 4.69) is 51.5 Å². The molecule has 90 valence electrons. The lowest BCUT2D eigenvalue weighted by Gasteiger charge is -2.06. The van der Waals surface area contributed by atoms with E-state index in [0.29, 0.717) is 5.41 Å². The lowest BCUT2D eigenvalue weighted by atomic mass is 10.1. The topological polar surface area (TPSA) is 20.7 Å². The molecule has 1 aliphatic rings. The normalized spacial score (nSPS) is 21.9. The first-order valence-corrected chi connectivity index (χ1v) is 7.05. The number of aromatic nitrogens is 2. The molecule has 0 radical (unpaired) electrons. The molecule has 2 nitrogen and oxygen atoms in total. The van der Waals surface area contributed by atoms with Crippen molar-refractivity contribution in [1.82, 2.24) is 9.55 Å². The molecule has 2 aromatic rings. The van der Waals surface area contributed by atoms with Crippen LogP contribution in [0.15, 0.2) is 22.7 Å². The molecule has 1 fully saturated rings. The highest BCUT2D eigenvalue weighted by Crippen LogP contribution is 2.52. The van der Waals surface area contributed by atoms with Gasteiger partial charge in [0, 0.05) is 11.0 Å². The molecule has 0 aliphatic heterocycles. The Bertz CT molecular complexity index is 638. The minimum Gasteiger partial charge on any atom is -0.331 e. The molecule has 1 N–H and O–H groups in total. The zero-order valence-electron chi connectivity index (χ0n) is 9.96. The molecule has 1 aromatic heterocycles. The van der Waals surface area contributed by atoms with Crippen molar-refractivity contribution in [3.63, 3.8) is 0 Å². The summed E-state index contributed by atoms with van der Waals surface area (Å²) >= 11 is 8.93. The lowest BCUT2D eigenvalue weighted by molar-refractivity contribution is 0.502. The third-order valence-electron chi connectivity index (χ3n) is 3.86. The van der Waals surface area contributed by atoms with Gasteiger partial charge in [0.1, 0.15) is 0 Å². The molecule has 4 heteroatoms. The summed E-state index contributed by atoms with van der Waals surface area (Å²) in [5.41, 5.74) is 2.81. The Kier molecular flexibility index (Phi) is 2.49. The van der Waals surface area contributed by atoms with Crippen molar-refractivity contribution in [2.45, 2.75) is 26.8 Å². The van der Waals surface area contributed by atoms with E-state index in [9.17, 15) is 0 Å². The van der Waals surface area contributed by atoms with Gasteiger partial charge in [-0.2, -0.15) is 0 Å². The van der Waals surface area contributed by atoms with Gasteiger partial charge in [-0.15, -0.1) is 0 Å². The number of hydrogen-bond donors (Lipinski definition) is 1. The first-order chi connectivity index (χ1) is 7.97. The summed E-state index contributed by atoms with van der Waals surface area (Å²) in [5.74, 6) is 0.757. The second-order valence-electron chi connectivity index (χ2n) is 5.59. The highest BCUT2D eigenvalue weighted by Gasteiger charge is 2.45.